The number of dihydropyridines is 1. The van der Waals surface area contributed by atoms with E-state index in [1.807, 2.05) is 6.08 Å². The first-order chi connectivity index (χ1) is 17.6. The lowest BCUT2D eigenvalue weighted by atomic mass is 9.80. The van der Waals surface area contributed by atoms with Gasteiger partial charge in [-0.15, -0.1) is 0 Å². The van der Waals surface area contributed by atoms with Crippen LogP contribution in [-0.4, -0.2) is 11.8 Å². The van der Waals surface area contributed by atoms with E-state index in [-0.39, 0.29) is 11.8 Å². The minimum absolute atomic E-state index is 0.222. The Hall–Kier alpha value is -2.87. The van der Waals surface area contributed by atoms with Crippen molar-refractivity contribution < 1.29 is 4.79 Å². The van der Waals surface area contributed by atoms with Crippen molar-refractivity contribution >= 4 is 5.78 Å². The van der Waals surface area contributed by atoms with Crippen LogP contribution in [0.25, 0.3) is 0 Å². The Labute approximate surface area is 217 Å². The molecule has 1 aromatic carbocycles. The molecule has 36 heavy (non-hydrogen) atoms. The molecule has 2 heteroatoms. The molecule has 2 nitrogen and oxygen atoms in total. The fourth-order valence-corrected chi connectivity index (χ4v) is 6.26. The van der Waals surface area contributed by atoms with Crippen molar-refractivity contribution in [1.29, 1.82) is 0 Å². The molecular weight excluding hydrogens is 438 g/mol. The van der Waals surface area contributed by atoms with Gasteiger partial charge in [0.05, 0.1) is 6.04 Å². The average molecular weight is 480 g/mol. The largest absolute Gasteiger partial charge is 0.384 e. The summed E-state index contributed by atoms with van der Waals surface area (Å²) in [4.78, 5) is 13.1. The van der Waals surface area contributed by atoms with Gasteiger partial charge in [-0.05, 0) is 83.9 Å². The summed E-state index contributed by atoms with van der Waals surface area (Å²) in [6.07, 6.45) is 26.9. The minimum atomic E-state index is 0.222. The van der Waals surface area contributed by atoms with Crippen LogP contribution in [0.3, 0.4) is 0 Å². The summed E-state index contributed by atoms with van der Waals surface area (Å²) in [6, 6.07) is 9.55. The van der Waals surface area contributed by atoms with E-state index in [0.29, 0.717) is 12.3 Å². The second-order valence-electron chi connectivity index (χ2n) is 11.3. The maximum absolute atomic E-state index is 13.1. The fourth-order valence-electron chi connectivity index (χ4n) is 6.26. The van der Waals surface area contributed by atoms with E-state index in [1.165, 1.54) is 67.2 Å². The Balaban J connectivity index is 1.22. The molecule has 5 rings (SSSR count). The van der Waals surface area contributed by atoms with Gasteiger partial charge < -0.3 is 5.32 Å². The molecule has 3 aliphatic carbocycles. The van der Waals surface area contributed by atoms with Crippen molar-refractivity contribution in [3.05, 3.63) is 106 Å². The average Bonchev–Trinajstić information content (AvgIpc) is 3.20. The number of Topliss-reactive ketones (excluding diaryl/α,β-unsaturated/α-hetero) is 1. The number of carbonyl (C=O) groups excluding carboxylic acids is 1. The van der Waals surface area contributed by atoms with Gasteiger partial charge in [0, 0.05) is 18.2 Å². The number of carbonyl (C=O) groups is 1. The molecule has 2 unspecified atom stereocenters. The first-order valence-corrected chi connectivity index (χ1v) is 14.1. The first kappa shape index (κ1) is 24.8. The SMILES string of the molecule is CC1=C2CC(=O)C(C3=CC=CCC=C3)=CC2=CNC1Cc1ccc(C(C)CCC2CCCCC2)cc1. The fraction of sp³-hybridized carbons (Fsp3) is 0.441. The normalized spacial score (nSPS) is 23.3. The van der Waals surface area contributed by atoms with E-state index >= 15 is 0 Å². The van der Waals surface area contributed by atoms with Crippen LogP contribution in [0.4, 0.5) is 0 Å². The Bertz CT molecular complexity index is 1150. The molecule has 0 aromatic heterocycles. The van der Waals surface area contributed by atoms with Crippen LogP contribution in [-0.2, 0) is 11.2 Å². The van der Waals surface area contributed by atoms with Gasteiger partial charge in [0.15, 0.2) is 5.78 Å². The van der Waals surface area contributed by atoms with Crippen LogP contribution in [0.2, 0.25) is 0 Å². The molecule has 1 saturated carbocycles. The molecule has 1 heterocycles. The molecule has 1 N–H and O–H groups in total. The number of allylic oxidation sites excluding steroid dienone is 10. The molecular formula is C34H41NO. The number of hydrogen-bond donors (Lipinski definition) is 1. The molecule has 1 aliphatic heterocycles. The topological polar surface area (TPSA) is 29.1 Å². The van der Waals surface area contributed by atoms with Gasteiger partial charge in [0.2, 0.25) is 0 Å². The number of benzene rings is 1. The van der Waals surface area contributed by atoms with Gasteiger partial charge in [-0.2, -0.15) is 0 Å². The van der Waals surface area contributed by atoms with Crippen LogP contribution in [0.5, 0.6) is 0 Å². The molecule has 0 spiro atoms. The summed E-state index contributed by atoms with van der Waals surface area (Å²) in [7, 11) is 0. The molecule has 188 valence electrons. The van der Waals surface area contributed by atoms with E-state index < -0.39 is 0 Å². The molecule has 4 aliphatic rings. The Morgan fingerprint density at radius 1 is 1.03 bits per heavy atom. The van der Waals surface area contributed by atoms with Crippen LogP contribution in [0.1, 0.15) is 88.7 Å². The van der Waals surface area contributed by atoms with E-state index in [0.717, 1.165) is 35.5 Å². The first-order valence-electron chi connectivity index (χ1n) is 14.1. The lowest BCUT2D eigenvalue weighted by Crippen LogP contribution is -2.34. The van der Waals surface area contributed by atoms with Crippen molar-refractivity contribution in [2.45, 2.75) is 90.0 Å². The molecule has 0 saturated heterocycles. The standard InChI is InChI=1S/C34H41NO/c1-24(14-15-26-10-6-5-7-11-26)28-18-16-27(17-19-28)20-33-25(2)31-22-34(36)32(21-30(31)23-35-33)29-12-8-3-4-9-13-29/h3,8-9,12-13,16-19,21,23-24,26,33,35H,4-7,10-11,14-15,20,22H2,1-2H3. The zero-order valence-electron chi connectivity index (χ0n) is 22.1. The van der Waals surface area contributed by atoms with Crippen molar-refractivity contribution in [2.24, 2.45) is 5.92 Å². The van der Waals surface area contributed by atoms with E-state index in [9.17, 15) is 4.79 Å². The zero-order valence-corrected chi connectivity index (χ0v) is 22.1. The molecule has 1 aromatic rings. The highest BCUT2D eigenvalue weighted by atomic mass is 16.1. The third kappa shape index (κ3) is 5.75. The molecule has 0 amide bonds. The van der Waals surface area contributed by atoms with E-state index in [1.54, 1.807) is 0 Å². The maximum Gasteiger partial charge on any atom is 0.167 e. The van der Waals surface area contributed by atoms with Crippen LogP contribution < -0.4 is 5.32 Å². The van der Waals surface area contributed by atoms with Crippen molar-refractivity contribution in [3.8, 4) is 0 Å². The number of rotatable bonds is 7. The molecule has 0 radical (unpaired) electrons. The maximum atomic E-state index is 13.1. The Morgan fingerprint density at radius 2 is 1.83 bits per heavy atom. The van der Waals surface area contributed by atoms with Crippen molar-refractivity contribution in [3.63, 3.8) is 0 Å². The smallest absolute Gasteiger partial charge is 0.167 e. The predicted octanol–water partition coefficient (Wildman–Crippen LogP) is 8.21. The number of hydrogen-bond acceptors (Lipinski definition) is 2. The van der Waals surface area contributed by atoms with E-state index in [4.69, 9.17) is 0 Å². The Morgan fingerprint density at radius 3 is 2.64 bits per heavy atom. The molecule has 1 fully saturated rings. The minimum Gasteiger partial charge on any atom is -0.384 e. The molecule has 0 bridgehead atoms. The highest BCUT2D eigenvalue weighted by Crippen LogP contribution is 2.35. The summed E-state index contributed by atoms with van der Waals surface area (Å²) in [5, 5.41) is 3.63. The van der Waals surface area contributed by atoms with Crippen molar-refractivity contribution in [1.82, 2.24) is 5.32 Å². The zero-order chi connectivity index (χ0) is 24.9. The lowest BCUT2D eigenvalue weighted by Gasteiger charge is -2.30. The summed E-state index contributed by atoms with van der Waals surface area (Å²) in [5.74, 6) is 1.81. The predicted molar refractivity (Wildman–Crippen MR) is 151 cm³/mol. The highest BCUT2D eigenvalue weighted by molar-refractivity contribution is 6.04. The van der Waals surface area contributed by atoms with Gasteiger partial charge in [-0.3, -0.25) is 4.79 Å². The lowest BCUT2D eigenvalue weighted by molar-refractivity contribution is -0.114. The summed E-state index contributed by atoms with van der Waals surface area (Å²) in [5.41, 5.74) is 8.32. The third-order valence-electron chi connectivity index (χ3n) is 8.74. The molecule has 2 atom stereocenters. The summed E-state index contributed by atoms with van der Waals surface area (Å²) >= 11 is 0. The van der Waals surface area contributed by atoms with Gasteiger partial charge in [0.1, 0.15) is 0 Å². The summed E-state index contributed by atoms with van der Waals surface area (Å²) < 4.78 is 0. The van der Waals surface area contributed by atoms with Crippen molar-refractivity contribution in [2.75, 3.05) is 0 Å². The number of nitrogens with one attached hydrogen (secondary N) is 1. The second-order valence-corrected chi connectivity index (χ2v) is 11.3. The van der Waals surface area contributed by atoms with Crippen LogP contribution in [0, 0.1) is 5.92 Å². The highest BCUT2D eigenvalue weighted by Gasteiger charge is 2.28. The summed E-state index contributed by atoms with van der Waals surface area (Å²) in [6.45, 7) is 4.59. The van der Waals surface area contributed by atoms with Gasteiger partial charge >= 0.3 is 0 Å². The quantitative estimate of drug-likeness (QED) is 0.427. The van der Waals surface area contributed by atoms with Crippen LogP contribution >= 0.6 is 0 Å². The monoisotopic (exact) mass is 479 g/mol. The van der Waals surface area contributed by atoms with Gasteiger partial charge in [-0.25, -0.2) is 0 Å². The van der Waals surface area contributed by atoms with Gasteiger partial charge in [0.25, 0.3) is 0 Å². The Kier molecular flexibility index (Phi) is 7.90. The van der Waals surface area contributed by atoms with Crippen LogP contribution in [0.15, 0.2) is 94.8 Å². The second kappa shape index (κ2) is 11.5. The van der Waals surface area contributed by atoms with E-state index in [2.05, 4.69) is 80.0 Å². The number of fused-ring (bicyclic) bond motifs is 1. The van der Waals surface area contributed by atoms with Gasteiger partial charge in [-0.1, -0.05) is 93.7 Å². The third-order valence-corrected chi connectivity index (χ3v) is 8.74. The number of ketones is 1.